The van der Waals surface area contributed by atoms with E-state index >= 15 is 0 Å². The summed E-state index contributed by atoms with van der Waals surface area (Å²) in [6.45, 7) is 3.11. The summed E-state index contributed by atoms with van der Waals surface area (Å²) in [6, 6.07) is -0.835. The average Bonchev–Trinajstić information content (AvgIpc) is 2.82. The lowest BCUT2D eigenvalue weighted by atomic mass is 9.97. The van der Waals surface area contributed by atoms with Gasteiger partial charge in [-0.1, -0.05) is 0 Å². The molecule has 0 aliphatic carbocycles. The predicted octanol–water partition coefficient (Wildman–Crippen LogP) is -1.33. The van der Waals surface area contributed by atoms with Gasteiger partial charge in [0.25, 0.3) is 5.91 Å². The molecule has 1 atom stereocenters. The van der Waals surface area contributed by atoms with Gasteiger partial charge < -0.3 is 4.90 Å². The molecule has 9 heteroatoms. The highest BCUT2D eigenvalue weighted by Crippen LogP contribution is 2.26. The monoisotopic (exact) mass is 317 g/mol. The number of carbonyl (C=O) groups excluding carboxylic acids is 3. The van der Waals surface area contributed by atoms with Crippen molar-refractivity contribution in [1.29, 1.82) is 0 Å². The van der Waals surface area contributed by atoms with Crippen molar-refractivity contribution >= 4 is 27.7 Å². The van der Waals surface area contributed by atoms with Crippen LogP contribution in [-0.2, 0) is 24.4 Å². The molecule has 8 nitrogen and oxygen atoms in total. The number of carbonyl (C=O) groups is 3. The van der Waals surface area contributed by atoms with Gasteiger partial charge in [-0.3, -0.25) is 19.7 Å². The molecular formula is C12H19N3O5S. The van der Waals surface area contributed by atoms with E-state index in [9.17, 15) is 22.8 Å². The smallest absolute Gasteiger partial charge is 0.252 e. The minimum atomic E-state index is -3.50. The number of hydrogen-bond donors (Lipinski definition) is 1. The van der Waals surface area contributed by atoms with Crippen LogP contribution in [0.25, 0.3) is 0 Å². The molecule has 1 N–H and O–H groups in total. The van der Waals surface area contributed by atoms with Gasteiger partial charge in [-0.15, -0.1) is 0 Å². The van der Waals surface area contributed by atoms with E-state index in [-0.39, 0.29) is 13.1 Å². The van der Waals surface area contributed by atoms with Crippen LogP contribution in [0.1, 0.15) is 26.7 Å². The minimum Gasteiger partial charge on any atom is -0.318 e. The van der Waals surface area contributed by atoms with Crippen molar-refractivity contribution < 1.29 is 22.8 Å². The van der Waals surface area contributed by atoms with E-state index in [1.165, 1.54) is 18.7 Å². The summed E-state index contributed by atoms with van der Waals surface area (Å²) in [4.78, 5) is 37.2. The first-order valence-electron chi connectivity index (χ1n) is 6.67. The lowest BCUT2D eigenvalue weighted by Gasteiger charge is -2.42. The second kappa shape index (κ2) is 5.06. The van der Waals surface area contributed by atoms with E-state index in [0.717, 1.165) is 10.6 Å². The fourth-order valence-corrected chi connectivity index (χ4v) is 3.82. The Bertz CT molecular complexity index is 598. The molecule has 0 radical (unpaired) electrons. The van der Waals surface area contributed by atoms with Crippen LogP contribution < -0.4 is 5.32 Å². The molecule has 0 bridgehead atoms. The third-order valence-electron chi connectivity index (χ3n) is 3.97. The fraction of sp³-hybridized carbons (Fsp3) is 0.750. The molecule has 2 heterocycles. The molecule has 2 fully saturated rings. The van der Waals surface area contributed by atoms with Gasteiger partial charge in [0, 0.05) is 6.54 Å². The molecule has 0 saturated carbocycles. The Morgan fingerprint density at radius 1 is 1.33 bits per heavy atom. The second-order valence-electron chi connectivity index (χ2n) is 5.89. The number of piperazine rings is 1. The highest BCUT2D eigenvalue weighted by atomic mass is 32.2. The molecule has 0 aromatic rings. The number of nitrogens with one attached hydrogen (secondary N) is 1. The molecular weight excluding hydrogens is 298 g/mol. The Morgan fingerprint density at radius 3 is 2.52 bits per heavy atom. The predicted molar refractivity (Wildman–Crippen MR) is 73.5 cm³/mol. The third kappa shape index (κ3) is 2.80. The molecule has 2 aliphatic heterocycles. The second-order valence-corrected chi connectivity index (χ2v) is 7.83. The summed E-state index contributed by atoms with van der Waals surface area (Å²) < 4.78 is 24.6. The van der Waals surface area contributed by atoms with Crippen LogP contribution in [0, 0.1) is 0 Å². The van der Waals surface area contributed by atoms with Crippen LogP contribution >= 0.6 is 0 Å². The molecule has 0 aromatic heterocycles. The number of nitrogens with zero attached hydrogens (tertiary/aromatic N) is 2. The first kappa shape index (κ1) is 15.9. The van der Waals surface area contributed by atoms with Gasteiger partial charge in [0.1, 0.15) is 18.1 Å². The van der Waals surface area contributed by atoms with Crippen molar-refractivity contribution in [2.24, 2.45) is 0 Å². The zero-order chi connectivity index (χ0) is 16.0. The highest BCUT2D eigenvalue weighted by Gasteiger charge is 2.48. The first-order valence-corrected chi connectivity index (χ1v) is 8.52. The summed E-state index contributed by atoms with van der Waals surface area (Å²) in [6.07, 6.45) is 2.03. The Hall–Kier alpha value is -1.48. The molecule has 2 rings (SSSR count). The summed E-state index contributed by atoms with van der Waals surface area (Å²) in [7, 11) is -3.50. The zero-order valence-corrected chi connectivity index (χ0v) is 13.1. The number of rotatable bonds is 2. The molecule has 2 saturated heterocycles. The number of hydrogen-bond acceptors (Lipinski definition) is 5. The Morgan fingerprint density at radius 2 is 1.95 bits per heavy atom. The lowest BCUT2D eigenvalue weighted by molar-refractivity contribution is -0.157. The molecule has 1 unspecified atom stereocenters. The Labute approximate surface area is 123 Å². The van der Waals surface area contributed by atoms with Gasteiger partial charge in [0.15, 0.2) is 0 Å². The third-order valence-corrected chi connectivity index (χ3v) is 5.25. The van der Waals surface area contributed by atoms with Crippen molar-refractivity contribution in [1.82, 2.24) is 14.5 Å². The van der Waals surface area contributed by atoms with E-state index in [2.05, 4.69) is 5.32 Å². The van der Waals surface area contributed by atoms with E-state index in [0.29, 0.717) is 12.8 Å². The largest absolute Gasteiger partial charge is 0.318 e. The van der Waals surface area contributed by atoms with Gasteiger partial charge in [0.2, 0.25) is 21.8 Å². The summed E-state index contributed by atoms with van der Waals surface area (Å²) >= 11 is 0. The molecule has 3 amide bonds. The number of amides is 3. The maximum absolute atomic E-state index is 12.7. The van der Waals surface area contributed by atoms with E-state index < -0.39 is 39.3 Å². The maximum Gasteiger partial charge on any atom is 0.252 e. The zero-order valence-electron chi connectivity index (χ0n) is 12.2. The fourth-order valence-electron chi connectivity index (χ4n) is 2.70. The summed E-state index contributed by atoms with van der Waals surface area (Å²) in [5.41, 5.74) is -1.18. The van der Waals surface area contributed by atoms with Crippen molar-refractivity contribution in [3.8, 4) is 0 Å². The average molecular weight is 317 g/mol. The molecule has 118 valence electrons. The maximum atomic E-state index is 12.7. The van der Waals surface area contributed by atoms with E-state index in [4.69, 9.17) is 0 Å². The van der Waals surface area contributed by atoms with Gasteiger partial charge in [0.05, 0.1) is 6.26 Å². The molecule has 21 heavy (non-hydrogen) atoms. The van der Waals surface area contributed by atoms with Crippen molar-refractivity contribution in [2.75, 3.05) is 19.3 Å². The normalized spacial score (nSPS) is 26.8. The quantitative estimate of drug-likeness (QED) is 0.636. The van der Waals surface area contributed by atoms with Gasteiger partial charge in [-0.25, -0.2) is 8.42 Å². The van der Waals surface area contributed by atoms with Gasteiger partial charge in [-0.2, -0.15) is 4.31 Å². The van der Waals surface area contributed by atoms with Crippen molar-refractivity contribution in [3.63, 3.8) is 0 Å². The van der Waals surface area contributed by atoms with Gasteiger partial charge >= 0.3 is 0 Å². The van der Waals surface area contributed by atoms with E-state index in [1.807, 2.05) is 0 Å². The summed E-state index contributed by atoms with van der Waals surface area (Å²) in [5, 5.41) is 2.18. The van der Waals surface area contributed by atoms with Crippen LogP contribution in [0.3, 0.4) is 0 Å². The van der Waals surface area contributed by atoms with E-state index in [1.54, 1.807) is 0 Å². The molecule has 0 aromatic carbocycles. The lowest BCUT2D eigenvalue weighted by Crippen LogP contribution is -2.67. The highest BCUT2D eigenvalue weighted by molar-refractivity contribution is 7.88. The first-order chi connectivity index (χ1) is 9.55. The van der Waals surface area contributed by atoms with Crippen molar-refractivity contribution in [2.45, 2.75) is 38.3 Å². The Balaban J connectivity index is 2.30. The number of imide groups is 1. The van der Waals surface area contributed by atoms with Crippen molar-refractivity contribution in [3.05, 3.63) is 0 Å². The molecule has 0 spiro atoms. The van der Waals surface area contributed by atoms with Crippen LogP contribution in [0.4, 0.5) is 0 Å². The topological polar surface area (TPSA) is 104 Å². The Kier molecular flexibility index (Phi) is 3.83. The standard InChI is InChI=1S/C12H19N3O5S/c1-12(2)11(18)13-9(16)7-14(12)10(17)8-5-4-6-15(8)21(3,19)20/h8H,4-7H2,1-3H3,(H,13,16,18). The van der Waals surface area contributed by atoms with Crippen LogP contribution in [0.5, 0.6) is 0 Å². The van der Waals surface area contributed by atoms with Crippen LogP contribution in [0.2, 0.25) is 0 Å². The minimum absolute atomic E-state index is 0.244. The summed E-state index contributed by atoms with van der Waals surface area (Å²) in [5.74, 6) is -1.61. The van der Waals surface area contributed by atoms with Gasteiger partial charge in [-0.05, 0) is 26.7 Å². The van der Waals surface area contributed by atoms with Crippen LogP contribution in [-0.4, -0.2) is 66.3 Å². The number of sulfonamides is 1. The SMILES string of the molecule is CC1(C)C(=O)NC(=O)CN1C(=O)C1CCCN1S(C)(=O)=O. The van der Waals surface area contributed by atoms with Crippen LogP contribution in [0.15, 0.2) is 0 Å². The molecule has 2 aliphatic rings.